The predicted octanol–water partition coefficient (Wildman–Crippen LogP) is 5.23. The van der Waals surface area contributed by atoms with E-state index < -0.39 is 0 Å². The van der Waals surface area contributed by atoms with Crippen molar-refractivity contribution in [2.75, 3.05) is 47.6 Å². The Balaban J connectivity index is 1.80. The highest BCUT2D eigenvalue weighted by Gasteiger charge is 2.25. The smallest absolute Gasteiger partial charge is 0.258 e. The van der Waals surface area contributed by atoms with Gasteiger partial charge in [-0.15, -0.1) is 0 Å². The maximum Gasteiger partial charge on any atom is 0.258 e. The van der Waals surface area contributed by atoms with E-state index in [1.165, 1.54) is 17.6 Å². The molecule has 39 heavy (non-hydrogen) atoms. The monoisotopic (exact) mass is 599 g/mol. The molecule has 0 saturated heterocycles. The lowest BCUT2D eigenvalue weighted by molar-refractivity contribution is -0.132. The number of hydrogen-bond acceptors (Lipinski definition) is 5. The number of carbonyl (C=O) groups is 2. The summed E-state index contributed by atoms with van der Waals surface area (Å²) >= 11 is 3.49. The maximum atomic E-state index is 13.7. The van der Waals surface area contributed by atoms with Crippen molar-refractivity contribution in [1.82, 2.24) is 14.4 Å². The zero-order chi connectivity index (χ0) is 28.2. The highest BCUT2D eigenvalue weighted by Crippen LogP contribution is 2.26. The second-order valence-electron chi connectivity index (χ2n) is 9.21. The summed E-state index contributed by atoms with van der Waals surface area (Å²) in [6, 6.07) is 17.3. The third kappa shape index (κ3) is 8.60. The minimum atomic E-state index is -0.297. The molecule has 2 aromatic carbocycles. The van der Waals surface area contributed by atoms with E-state index in [4.69, 9.17) is 14.2 Å². The first kappa shape index (κ1) is 30.2. The quantitative estimate of drug-likeness (QED) is 0.239. The average molecular weight is 601 g/mol. The number of aromatic nitrogens is 1. The fourth-order valence-corrected chi connectivity index (χ4v) is 4.50. The van der Waals surface area contributed by atoms with Gasteiger partial charge in [-0.3, -0.25) is 9.59 Å². The molecular formula is C30H38BrN3O5. The summed E-state index contributed by atoms with van der Waals surface area (Å²) < 4.78 is 19.2. The zero-order valence-electron chi connectivity index (χ0n) is 23.2. The zero-order valence-corrected chi connectivity index (χ0v) is 24.8. The summed E-state index contributed by atoms with van der Waals surface area (Å²) in [5.74, 6) is 0.563. The molecule has 1 aromatic heterocycles. The van der Waals surface area contributed by atoms with Crippen LogP contribution in [0.3, 0.4) is 0 Å². The highest BCUT2D eigenvalue weighted by molar-refractivity contribution is 9.10. The molecule has 0 spiro atoms. The van der Waals surface area contributed by atoms with Gasteiger partial charge >= 0.3 is 0 Å². The van der Waals surface area contributed by atoms with Gasteiger partial charge in [-0.25, -0.2) is 0 Å². The van der Waals surface area contributed by atoms with E-state index in [1.54, 1.807) is 32.4 Å². The Kier molecular flexibility index (Phi) is 11.9. The summed E-state index contributed by atoms with van der Waals surface area (Å²) in [7, 11) is 4.64. The molecule has 9 heteroatoms. The molecule has 0 fully saturated rings. The van der Waals surface area contributed by atoms with E-state index >= 15 is 0 Å². The van der Waals surface area contributed by atoms with Crippen LogP contribution in [0.15, 0.2) is 65.3 Å². The minimum absolute atomic E-state index is 0.0610. The van der Waals surface area contributed by atoms with Crippen LogP contribution in [0.2, 0.25) is 0 Å². The molecule has 8 nitrogen and oxygen atoms in total. The highest BCUT2D eigenvalue weighted by atomic mass is 79.9. The maximum absolute atomic E-state index is 13.7. The first-order valence-electron chi connectivity index (χ1n) is 13.1. The number of nitrogens with zero attached hydrogens (tertiary/aromatic N) is 3. The third-order valence-corrected chi connectivity index (χ3v) is 7.02. The van der Waals surface area contributed by atoms with Gasteiger partial charge in [0, 0.05) is 49.2 Å². The van der Waals surface area contributed by atoms with Crippen molar-refractivity contribution in [2.24, 2.45) is 0 Å². The van der Waals surface area contributed by atoms with Gasteiger partial charge in [-0.05, 0) is 48.4 Å². The molecule has 0 aliphatic carbocycles. The number of unbranched alkanes of at least 4 members (excludes halogenated alkanes) is 1. The molecule has 0 aliphatic heterocycles. The van der Waals surface area contributed by atoms with Crippen molar-refractivity contribution in [3.63, 3.8) is 0 Å². The lowest BCUT2D eigenvalue weighted by Crippen LogP contribution is -2.44. The van der Waals surface area contributed by atoms with E-state index in [-0.39, 0.29) is 24.9 Å². The van der Waals surface area contributed by atoms with Gasteiger partial charge in [0.15, 0.2) is 0 Å². The van der Waals surface area contributed by atoms with Crippen LogP contribution in [0.25, 0.3) is 0 Å². The normalized spacial score (nSPS) is 10.8. The summed E-state index contributed by atoms with van der Waals surface area (Å²) in [4.78, 5) is 30.6. The predicted molar refractivity (Wildman–Crippen MR) is 155 cm³/mol. The Labute approximate surface area is 239 Å². The van der Waals surface area contributed by atoms with Crippen molar-refractivity contribution in [3.8, 4) is 11.5 Å². The van der Waals surface area contributed by atoms with Gasteiger partial charge < -0.3 is 28.6 Å². The molecular weight excluding hydrogens is 562 g/mol. The molecule has 0 aliphatic rings. The van der Waals surface area contributed by atoms with Crippen LogP contribution >= 0.6 is 15.9 Å². The lowest BCUT2D eigenvalue weighted by Gasteiger charge is -2.28. The SMILES string of the molecule is CCCCN(Cc1cccn1Cc1ccc(Br)cc1)C(=O)CN(CCOC)C(=O)c1ccc(OC)cc1OC. The van der Waals surface area contributed by atoms with E-state index in [1.807, 2.05) is 35.4 Å². The van der Waals surface area contributed by atoms with Gasteiger partial charge in [0.25, 0.3) is 5.91 Å². The van der Waals surface area contributed by atoms with E-state index in [0.717, 1.165) is 23.0 Å². The van der Waals surface area contributed by atoms with E-state index in [0.29, 0.717) is 43.3 Å². The minimum Gasteiger partial charge on any atom is -0.497 e. The van der Waals surface area contributed by atoms with Crippen molar-refractivity contribution < 1.29 is 23.8 Å². The van der Waals surface area contributed by atoms with Gasteiger partial charge in [-0.2, -0.15) is 0 Å². The van der Waals surface area contributed by atoms with E-state index in [2.05, 4.69) is 39.6 Å². The first-order chi connectivity index (χ1) is 18.9. The molecule has 0 bridgehead atoms. The molecule has 3 aromatic rings. The number of methoxy groups -OCH3 is 3. The van der Waals surface area contributed by atoms with Crippen LogP contribution in [0.5, 0.6) is 11.5 Å². The average Bonchev–Trinajstić information content (AvgIpc) is 3.39. The molecule has 0 unspecified atom stereocenters. The summed E-state index contributed by atoms with van der Waals surface area (Å²) in [5, 5.41) is 0. The topological polar surface area (TPSA) is 73.2 Å². The number of hydrogen-bond donors (Lipinski definition) is 0. The van der Waals surface area contributed by atoms with Crippen LogP contribution in [0, 0.1) is 0 Å². The number of rotatable bonds is 15. The molecule has 3 rings (SSSR count). The van der Waals surface area contributed by atoms with Crippen LogP contribution < -0.4 is 9.47 Å². The number of benzene rings is 2. The number of ether oxygens (including phenoxy) is 3. The van der Waals surface area contributed by atoms with Crippen LogP contribution in [0.4, 0.5) is 0 Å². The lowest BCUT2D eigenvalue weighted by atomic mass is 10.1. The number of amides is 2. The van der Waals surface area contributed by atoms with Crippen LogP contribution in [-0.4, -0.2) is 73.8 Å². The third-order valence-electron chi connectivity index (χ3n) is 6.49. The molecule has 0 N–H and O–H groups in total. The Morgan fingerprint density at radius 1 is 0.949 bits per heavy atom. The fourth-order valence-electron chi connectivity index (χ4n) is 4.23. The number of carbonyl (C=O) groups excluding carboxylic acids is 2. The van der Waals surface area contributed by atoms with Gasteiger partial charge in [-0.1, -0.05) is 41.4 Å². The van der Waals surface area contributed by atoms with Crippen molar-refractivity contribution in [1.29, 1.82) is 0 Å². The summed E-state index contributed by atoms with van der Waals surface area (Å²) in [6.07, 6.45) is 3.86. The van der Waals surface area contributed by atoms with Crippen LogP contribution in [0.1, 0.15) is 41.4 Å². The Bertz CT molecular complexity index is 1210. The summed E-state index contributed by atoms with van der Waals surface area (Å²) in [5.41, 5.74) is 2.58. The standard InChI is InChI=1S/C30H38BrN3O5/c1-5-6-15-33(21-25-8-7-16-32(25)20-23-9-11-24(31)12-10-23)29(35)22-34(17-18-37-2)30(36)27-14-13-26(38-3)19-28(27)39-4/h7-14,16,19H,5-6,15,17-18,20-22H2,1-4H3. The van der Waals surface area contributed by atoms with Gasteiger partial charge in [0.1, 0.15) is 18.0 Å². The fraction of sp³-hybridized carbons (Fsp3) is 0.400. The Morgan fingerprint density at radius 3 is 2.38 bits per heavy atom. The van der Waals surface area contributed by atoms with Gasteiger partial charge in [0.05, 0.1) is 32.9 Å². The van der Waals surface area contributed by atoms with Crippen molar-refractivity contribution in [2.45, 2.75) is 32.9 Å². The largest absolute Gasteiger partial charge is 0.497 e. The van der Waals surface area contributed by atoms with E-state index in [9.17, 15) is 9.59 Å². The van der Waals surface area contributed by atoms with Crippen molar-refractivity contribution >= 4 is 27.7 Å². The molecule has 0 radical (unpaired) electrons. The Morgan fingerprint density at radius 2 is 1.72 bits per heavy atom. The molecule has 1 heterocycles. The molecule has 0 saturated carbocycles. The Hall–Kier alpha value is -3.30. The van der Waals surface area contributed by atoms with Crippen LogP contribution in [-0.2, 0) is 22.6 Å². The second-order valence-corrected chi connectivity index (χ2v) is 10.1. The second kappa shape index (κ2) is 15.3. The number of halogens is 1. The molecule has 0 atom stereocenters. The summed E-state index contributed by atoms with van der Waals surface area (Å²) in [6.45, 7) is 4.40. The molecule has 210 valence electrons. The van der Waals surface area contributed by atoms with Gasteiger partial charge in [0.2, 0.25) is 5.91 Å². The molecule has 2 amide bonds. The first-order valence-corrected chi connectivity index (χ1v) is 13.9. The van der Waals surface area contributed by atoms with Crippen molar-refractivity contribution in [3.05, 3.63) is 82.1 Å².